The summed E-state index contributed by atoms with van der Waals surface area (Å²) in [5.41, 5.74) is -1.42. The number of rotatable bonds is 4. The second kappa shape index (κ2) is 13.9. The summed E-state index contributed by atoms with van der Waals surface area (Å²) >= 11 is 0. The van der Waals surface area contributed by atoms with Gasteiger partial charge in [-0.1, -0.05) is 6.08 Å². The average molecular weight is 795 g/mol. The van der Waals surface area contributed by atoms with E-state index in [0.717, 1.165) is 6.92 Å². The van der Waals surface area contributed by atoms with Gasteiger partial charge in [0.25, 0.3) is 0 Å². The lowest BCUT2D eigenvalue weighted by Gasteiger charge is -2.26. The summed E-state index contributed by atoms with van der Waals surface area (Å²) in [6.07, 6.45) is 14.7. The fraction of sp³-hybridized carbons (Fsp3) is 0.0698. The van der Waals surface area contributed by atoms with E-state index in [0.29, 0.717) is 22.3 Å². The lowest BCUT2D eigenvalue weighted by molar-refractivity contribution is 0.376. The number of benzene rings is 2. The van der Waals surface area contributed by atoms with Crippen LogP contribution >= 0.6 is 0 Å². The molecule has 2 atom stereocenters. The van der Waals surface area contributed by atoms with E-state index >= 15 is 26.3 Å². The van der Waals surface area contributed by atoms with E-state index in [1.165, 1.54) is 67.3 Å². The molecular formula is C43H23F9N6. The highest BCUT2D eigenvalue weighted by Gasteiger charge is 2.39. The van der Waals surface area contributed by atoms with E-state index in [1.54, 1.807) is 30.3 Å². The van der Waals surface area contributed by atoms with Crippen molar-refractivity contribution in [1.29, 1.82) is 0 Å². The molecule has 4 aliphatic rings. The third-order valence-electron chi connectivity index (χ3n) is 10.3. The molecule has 8 bridgehead atoms. The highest BCUT2D eigenvalue weighted by molar-refractivity contribution is 6.32. The number of nitrogens with zero attached hydrogens (tertiary/aromatic N) is 4. The van der Waals surface area contributed by atoms with Gasteiger partial charge < -0.3 is 10.3 Å². The molecule has 0 aliphatic carbocycles. The number of hydrogen-bond acceptors (Lipinski definition) is 5. The van der Waals surface area contributed by atoms with Crippen LogP contribution in [0, 0.1) is 59.3 Å². The molecule has 0 spiro atoms. The molecule has 2 unspecified atom stereocenters. The summed E-state index contributed by atoms with van der Waals surface area (Å²) in [6, 6.07) is 8.15. The monoisotopic (exact) mass is 794 g/mol. The Morgan fingerprint density at radius 1 is 0.517 bits per heavy atom. The molecular weight excluding hydrogens is 771 g/mol. The van der Waals surface area contributed by atoms with Crippen molar-refractivity contribution in [2.45, 2.75) is 18.9 Å². The molecule has 4 aliphatic heterocycles. The van der Waals surface area contributed by atoms with Crippen LogP contribution in [0.3, 0.4) is 0 Å². The summed E-state index contributed by atoms with van der Waals surface area (Å²) in [5, 5.41) is 3.20. The van der Waals surface area contributed by atoms with Crippen molar-refractivity contribution in [3.05, 3.63) is 206 Å². The molecule has 58 heavy (non-hydrogen) atoms. The lowest BCUT2D eigenvalue weighted by atomic mass is 9.85. The first kappa shape index (κ1) is 36.6. The van der Waals surface area contributed by atoms with Gasteiger partial charge in [-0.15, -0.1) is 0 Å². The van der Waals surface area contributed by atoms with Gasteiger partial charge in [-0.3, -0.25) is 15.0 Å². The maximum Gasteiger partial charge on any atom is 0.200 e. The topological polar surface area (TPSA) is 78.3 Å². The maximum atomic E-state index is 16.0. The van der Waals surface area contributed by atoms with Gasteiger partial charge in [-0.2, -0.15) is 0 Å². The summed E-state index contributed by atoms with van der Waals surface area (Å²) in [6.45, 7) is 0.921. The Morgan fingerprint density at radius 3 is 1.67 bits per heavy atom. The minimum Gasteiger partial charge on any atom is -0.377 e. The second-order valence-corrected chi connectivity index (χ2v) is 13.5. The molecule has 2 aromatic carbocycles. The highest BCUT2D eigenvalue weighted by Crippen LogP contribution is 2.42. The van der Waals surface area contributed by atoms with Crippen LogP contribution in [0.4, 0.5) is 39.5 Å². The molecule has 9 rings (SSSR count). The Hall–Kier alpha value is -7.03. The van der Waals surface area contributed by atoms with Gasteiger partial charge in [0.2, 0.25) is 5.82 Å². The van der Waals surface area contributed by atoms with Gasteiger partial charge in [-0.05, 0) is 84.8 Å². The molecule has 5 aromatic rings. The zero-order chi connectivity index (χ0) is 40.6. The summed E-state index contributed by atoms with van der Waals surface area (Å²) in [5.74, 6) is -18.7. The van der Waals surface area contributed by atoms with Crippen molar-refractivity contribution in [2.75, 3.05) is 0 Å². The number of halogens is 9. The predicted octanol–water partition coefficient (Wildman–Crippen LogP) is 9.64. The number of nitrogens with one attached hydrogen (secondary N) is 2. The first-order valence-electron chi connectivity index (χ1n) is 17.5. The number of allylic oxidation sites excluding steroid dienone is 6. The number of aromatic amines is 1. The summed E-state index contributed by atoms with van der Waals surface area (Å²) in [4.78, 5) is 20.6. The number of aliphatic imine (C=N–C) groups is 2. The molecule has 288 valence electrons. The van der Waals surface area contributed by atoms with E-state index in [9.17, 15) is 13.2 Å². The fourth-order valence-electron chi connectivity index (χ4n) is 7.53. The Kier molecular flexibility index (Phi) is 8.75. The number of aromatic nitrogens is 3. The lowest BCUT2D eigenvalue weighted by Crippen LogP contribution is -2.35. The van der Waals surface area contributed by atoms with Crippen molar-refractivity contribution in [3.8, 4) is 0 Å². The zero-order valence-corrected chi connectivity index (χ0v) is 29.6. The van der Waals surface area contributed by atoms with Gasteiger partial charge in [0.1, 0.15) is 0 Å². The second-order valence-electron chi connectivity index (χ2n) is 13.5. The first-order chi connectivity index (χ1) is 27.9. The molecule has 0 amide bonds. The Balaban J connectivity index is 1.38. The quantitative estimate of drug-likeness (QED) is 0.108. The normalized spacial score (nSPS) is 22.2. The third kappa shape index (κ3) is 5.67. The predicted molar refractivity (Wildman–Crippen MR) is 197 cm³/mol. The minimum atomic E-state index is -2.34. The van der Waals surface area contributed by atoms with Gasteiger partial charge in [0.15, 0.2) is 46.5 Å². The van der Waals surface area contributed by atoms with Crippen LogP contribution in [0.5, 0.6) is 0 Å². The Labute approximate surface area is 322 Å². The van der Waals surface area contributed by atoms with Crippen molar-refractivity contribution in [2.24, 2.45) is 9.98 Å². The highest BCUT2D eigenvalue weighted by atomic mass is 19.2. The van der Waals surface area contributed by atoms with Crippen LogP contribution in [0.2, 0.25) is 0 Å². The molecule has 6 nitrogen and oxygen atoms in total. The van der Waals surface area contributed by atoms with Crippen molar-refractivity contribution in [3.63, 3.8) is 0 Å². The fourth-order valence-corrected chi connectivity index (χ4v) is 7.53. The number of fused-ring (bicyclic) bond motifs is 6. The zero-order valence-electron chi connectivity index (χ0n) is 29.6. The molecule has 2 N–H and O–H groups in total. The van der Waals surface area contributed by atoms with Crippen molar-refractivity contribution in [1.82, 2.24) is 20.3 Å². The largest absolute Gasteiger partial charge is 0.377 e. The molecule has 15 heteroatoms. The van der Waals surface area contributed by atoms with Gasteiger partial charge in [0.05, 0.1) is 40.3 Å². The minimum absolute atomic E-state index is 0.00266. The number of H-pyrrole nitrogens is 1. The standard InChI is InChI=1S/C43H23F9N6/c1-18-35(44)37(46)33(38(47)36(18)45)31-25-6-2-21(55-25)29(19-10-14-53-15-11-19)23-4-8-27(57-23)32(34-39(48)41(50)43(52)42(51)40(34)49)28-9-5-24(58-28)30(20-12-16-54-17-13-20)22-3-7-26(31)56-22/h2-17,25,31,55,58H,1H3/b29-21-,30-22-,32-27+. The van der Waals surface area contributed by atoms with Crippen LogP contribution in [0.15, 0.2) is 125 Å². The summed E-state index contributed by atoms with van der Waals surface area (Å²) in [7, 11) is 0. The van der Waals surface area contributed by atoms with Gasteiger partial charge >= 0.3 is 0 Å². The van der Waals surface area contributed by atoms with Gasteiger partial charge in [-0.25, -0.2) is 44.5 Å². The average Bonchev–Trinajstić information content (AvgIpc) is 4.09. The first-order valence-corrected chi connectivity index (χ1v) is 17.5. The van der Waals surface area contributed by atoms with E-state index in [2.05, 4.69) is 25.3 Å². The molecule has 0 radical (unpaired) electrons. The molecule has 7 heterocycles. The molecule has 0 saturated heterocycles. The van der Waals surface area contributed by atoms with Crippen LogP contribution < -0.4 is 5.32 Å². The Bertz CT molecular complexity index is 2810. The SMILES string of the molecule is Cc1c(F)c(F)c(C2C3=N/C(=C(/c4ccncc4)c4ccc([nH]4)/C(c4c(F)c(F)c(F)c(F)c4F)=C4/C=CC(=N4)/C(c4ccncc4)=C4/C=CC2N4)C=C3)c(F)c1F. The van der Waals surface area contributed by atoms with Gasteiger partial charge in [0, 0.05) is 69.7 Å². The smallest absolute Gasteiger partial charge is 0.200 e. The molecule has 0 fully saturated rings. The van der Waals surface area contributed by atoms with E-state index in [1.807, 2.05) is 0 Å². The van der Waals surface area contributed by atoms with Crippen LogP contribution in [0.25, 0.3) is 16.7 Å². The molecule has 3 aromatic heterocycles. The Morgan fingerprint density at radius 2 is 1.05 bits per heavy atom. The van der Waals surface area contributed by atoms with Crippen LogP contribution in [0.1, 0.15) is 45.1 Å². The maximum absolute atomic E-state index is 16.0. The van der Waals surface area contributed by atoms with Crippen LogP contribution in [-0.4, -0.2) is 32.4 Å². The van der Waals surface area contributed by atoms with Crippen LogP contribution in [-0.2, 0) is 0 Å². The van der Waals surface area contributed by atoms with E-state index in [-0.39, 0.29) is 39.9 Å². The van der Waals surface area contributed by atoms with E-state index in [4.69, 9.17) is 4.99 Å². The summed E-state index contributed by atoms with van der Waals surface area (Å²) < 4.78 is 138. The van der Waals surface area contributed by atoms with Crippen molar-refractivity contribution >= 4 is 28.1 Å². The number of pyridine rings is 2. The third-order valence-corrected chi connectivity index (χ3v) is 10.3. The van der Waals surface area contributed by atoms with Crippen molar-refractivity contribution < 1.29 is 39.5 Å². The molecule has 0 saturated carbocycles. The number of hydrogen-bond donors (Lipinski definition) is 2. The van der Waals surface area contributed by atoms with E-state index < -0.39 is 86.6 Å².